The summed E-state index contributed by atoms with van der Waals surface area (Å²) in [6, 6.07) is 14.5. The average Bonchev–Trinajstić information content (AvgIpc) is 3.48. The van der Waals surface area contributed by atoms with E-state index in [1.165, 1.54) is 22.0 Å². The summed E-state index contributed by atoms with van der Waals surface area (Å²) in [6.45, 7) is 5.49. The lowest BCUT2D eigenvalue weighted by molar-refractivity contribution is -0.139. The molecule has 0 saturated carbocycles. The summed E-state index contributed by atoms with van der Waals surface area (Å²) in [5.74, 6) is -0.673. The Bertz CT molecular complexity index is 1830. The van der Waals surface area contributed by atoms with Crippen LogP contribution in [0, 0.1) is 6.92 Å². The van der Waals surface area contributed by atoms with Gasteiger partial charge >= 0.3 is 11.9 Å². The lowest BCUT2D eigenvalue weighted by Crippen LogP contribution is -2.39. The highest BCUT2D eigenvalue weighted by Gasteiger charge is 2.33. The predicted octanol–water partition coefficient (Wildman–Crippen LogP) is 4.72. The quantitative estimate of drug-likeness (QED) is 0.340. The van der Waals surface area contributed by atoms with E-state index in [2.05, 4.69) is 4.99 Å². The zero-order chi connectivity index (χ0) is 27.8. The first kappa shape index (κ1) is 26.4. The van der Waals surface area contributed by atoms with Gasteiger partial charge in [-0.05, 0) is 68.3 Å². The molecule has 0 saturated heterocycles. The lowest BCUT2D eigenvalue weighted by atomic mass is 9.96. The van der Waals surface area contributed by atoms with Crippen molar-refractivity contribution in [2.75, 3.05) is 6.61 Å². The molecule has 5 rings (SSSR count). The number of aromatic nitrogens is 1. The minimum absolute atomic E-state index is 0.150. The second-order valence-electron chi connectivity index (χ2n) is 8.89. The van der Waals surface area contributed by atoms with Gasteiger partial charge < -0.3 is 14.3 Å². The number of thiazole rings is 1. The number of ether oxygens (including phenoxy) is 1. The normalized spacial score (nSPS) is 15.2. The van der Waals surface area contributed by atoms with Crippen molar-refractivity contribution in [3.8, 4) is 11.3 Å². The molecule has 1 atom stereocenters. The third kappa shape index (κ3) is 4.98. The van der Waals surface area contributed by atoms with E-state index in [-0.39, 0.29) is 23.3 Å². The summed E-state index contributed by atoms with van der Waals surface area (Å²) in [6.07, 6.45) is 1.62. The van der Waals surface area contributed by atoms with Gasteiger partial charge in [-0.15, -0.1) is 0 Å². The van der Waals surface area contributed by atoms with Gasteiger partial charge in [0.1, 0.15) is 11.5 Å². The number of allylic oxidation sites excluding steroid dienone is 1. The molecule has 1 aliphatic rings. The van der Waals surface area contributed by atoms with Gasteiger partial charge in [0.25, 0.3) is 5.56 Å². The number of nitrogens with zero attached hydrogens (tertiary/aromatic N) is 2. The summed E-state index contributed by atoms with van der Waals surface area (Å²) in [4.78, 5) is 43.1. The van der Waals surface area contributed by atoms with Crippen LogP contribution in [0.3, 0.4) is 0 Å². The fraction of sp³-hybridized carbons (Fsp3) is 0.172. The molecule has 1 aliphatic heterocycles. The van der Waals surface area contributed by atoms with Gasteiger partial charge in [-0.2, -0.15) is 0 Å². The van der Waals surface area contributed by atoms with Crippen LogP contribution < -0.4 is 14.9 Å². The molecule has 0 bridgehead atoms. The number of esters is 1. The molecule has 0 spiro atoms. The maximum Gasteiger partial charge on any atom is 0.338 e. The SMILES string of the molecule is CCOC(=O)C1=C(C)N=c2s/c(=C/c3ccc(-c4cc(C(=O)O)ccc4C)o3)c(=O)n2[C@@H]1c1ccc(Cl)cc1. The van der Waals surface area contributed by atoms with Crippen LogP contribution in [-0.2, 0) is 9.53 Å². The van der Waals surface area contributed by atoms with Crippen LogP contribution in [0.1, 0.15) is 47.1 Å². The van der Waals surface area contributed by atoms with E-state index >= 15 is 0 Å². The van der Waals surface area contributed by atoms with Crippen molar-refractivity contribution in [2.45, 2.75) is 26.8 Å². The Hall–Kier alpha value is -4.21. The number of halogens is 1. The van der Waals surface area contributed by atoms with Crippen molar-refractivity contribution in [3.05, 3.63) is 113 Å². The molecular formula is C29H23ClN2O6S. The number of hydrogen-bond acceptors (Lipinski definition) is 7. The number of carboxylic acids is 1. The number of benzene rings is 2. The highest BCUT2D eigenvalue weighted by molar-refractivity contribution is 7.07. The number of carbonyl (C=O) groups excluding carboxylic acids is 1. The molecule has 0 amide bonds. The van der Waals surface area contributed by atoms with Crippen molar-refractivity contribution in [1.29, 1.82) is 0 Å². The fourth-order valence-electron chi connectivity index (χ4n) is 4.48. The number of rotatable bonds is 6. The summed E-state index contributed by atoms with van der Waals surface area (Å²) in [5, 5.41) is 9.89. The number of hydrogen-bond donors (Lipinski definition) is 1. The standard InChI is InChI=1S/C29H23ClN2O6S/c1-4-37-28(36)24-16(3)31-29-32(25(24)17-7-9-19(30)10-8-17)26(33)23(39-29)14-20-11-12-22(38-20)21-13-18(27(34)35)6-5-15(21)2/h5-14,25H,4H2,1-3H3,(H,34,35)/b23-14+/t25-/m1/s1. The summed E-state index contributed by atoms with van der Waals surface area (Å²) in [7, 11) is 0. The summed E-state index contributed by atoms with van der Waals surface area (Å²) >= 11 is 7.28. The zero-order valence-corrected chi connectivity index (χ0v) is 22.8. The van der Waals surface area contributed by atoms with Gasteiger partial charge in [-0.25, -0.2) is 14.6 Å². The Morgan fingerprint density at radius 3 is 2.59 bits per heavy atom. The minimum Gasteiger partial charge on any atom is -0.478 e. The first-order chi connectivity index (χ1) is 18.7. The van der Waals surface area contributed by atoms with E-state index in [0.717, 1.165) is 5.56 Å². The van der Waals surface area contributed by atoms with Crippen LogP contribution in [0.5, 0.6) is 0 Å². The second kappa shape index (κ2) is 10.5. The van der Waals surface area contributed by atoms with Crippen molar-refractivity contribution < 1.29 is 23.8 Å². The summed E-state index contributed by atoms with van der Waals surface area (Å²) in [5.41, 5.74) is 2.76. The highest BCUT2D eigenvalue weighted by atomic mass is 35.5. The Morgan fingerprint density at radius 2 is 1.90 bits per heavy atom. The largest absolute Gasteiger partial charge is 0.478 e. The predicted molar refractivity (Wildman–Crippen MR) is 148 cm³/mol. The molecule has 0 fully saturated rings. The molecule has 39 heavy (non-hydrogen) atoms. The van der Waals surface area contributed by atoms with E-state index in [0.29, 0.717) is 42.7 Å². The second-order valence-corrected chi connectivity index (χ2v) is 10.3. The van der Waals surface area contributed by atoms with Crippen molar-refractivity contribution in [3.63, 3.8) is 0 Å². The van der Waals surface area contributed by atoms with E-state index in [9.17, 15) is 19.5 Å². The maximum absolute atomic E-state index is 13.7. The van der Waals surface area contributed by atoms with Gasteiger partial charge in [-0.3, -0.25) is 9.36 Å². The Balaban J connectivity index is 1.62. The van der Waals surface area contributed by atoms with Gasteiger partial charge in [0.2, 0.25) is 0 Å². The molecule has 0 unspecified atom stereocenters. The van der Waals surface area contributed by atoms with Crippen LogP contribution in [0.15, 0.2) is 80.1 Å². The van der Waals surface area contributed by atoms with E-state index in [1.54, 1.807) is 68.5 Å². The highest BCUT2D eigenvalue weighted by Crippen LogP contribution is 2.31. The first-order valence-corrected chi connectivity index (χ1v) is 13.3. The summed E-state index contributed by atoms with van der Waals surface area (Å²) < 4.78 is 13.2. The molecule has 2 aromatic carbocycles. The average molecular weight is 563 g/mol. The van der Waals surface area contributed by atoms with Gasteiger partial charge in [0.05, 0.1) is 34.0 Å². The number of fused-ring (bicyclic) bond motifs is 1. The third-order valence-electron chi connectivity index (χ3n) is 6.35. The molecule has 0 radical (unpaired) electrons. The zero-order valence-electron chi connectivity index (χ0n) is 21.2. The Kier molecular flexibility index (Phi) is 7.12. The van der Waals surface area contributed by atoms with Gasteiger partial charge in [0, 0.05) is 16.7 Å². The Morgan fingerprint density at radius 1 is 1.15 bits per heavy atom. The maximum atomic E-state index is 13.7. The molecular weight excluding hydrogens is 540 g/mol. The molecule has 2 aromatic heterocycles. The van der Waals surface area contributed by atoms with E-state index in [1.807, 2.05) is 6.92 Å². The monoisotopic (exact) mass is 562 g/mol. The molecule has 8 nitrogen and oxygen atoms in total. The molecule has 3 heterocycles. The first-order valence-electron chi connectivity index (χ1n) is 12.1. The smallest absolute Gasteiger partial charge is 0.338 e. The van der Waals surface area contributed by atoms with Crippen LogP contribution in [0.2, 0.25) is 5.02 Å². The minimum atomic E-state index is -1.03. The van der Waals surface area contributed by atoms with Gasteiger partial charge in [-0.1, -0.05) is 41.1 Å². The van der Waals surface area contributed by atoms with Crippen LogP contribution in [-0.4, -0.2) is 28.2 Å². The third-order valence-corrected chi connectivity index (χ3v) is 7.59. The number of carboxylic acid groups (broad SMARTS) is 1. The number of carbonyl (C=O) groups is 2. The van der Waals surface area contributed by atoms with Crippen molar-refractivity contribution in [1.82, 2.24) is 4.57 Å². The van der Waals surface area contributed by atoms with E-state index < -0.39 is 18.0 Å². The number of aryl methyl sites for hydroxylation is 1. The Labute approximate surface area is 231 Å². The van der Waals surface area contributed by atoms with E-state index in [4.69, 9.17) is 20.8 Å². The molecule has 1 N–H and O–H groups in total. The van der Waals surface area contributed by atoms with Crippen molar-refractivity contribution in [2.24, 2.45) is 4.99 Å². The molecule has 10 heteroatoms. The molecule has 198 valence electrons. The fourth-order valence-corrected chi connectivity index (χ4v) is 5.63. The topological polar surface area (TPSA) is 111 Å². The van der Waals surface area contributed by atoms with Crippen LogP contribution in [0.4, 0.5) is 0 Å². The molecule has 0 aliphatic carbocycles. The van der Waals surface area contributed by atoms with Gasteiger partial charge in [0.15, 0.2) is 4.80 Å². The lowest BCUT2D eigenvalue weighted by Gasteiger charge is -2.24. The van der Waals surface area contributed by atoms with Crippen LogP contribution >= 0.6 is 22.9 Å². The number of aromatic carboxylic acids is 1. The van der Waals surface area contributed by atoms with Crippen molar-refractivity contribution >= 4 is 41.0 Å². The molecule has 4 aromatic rings. The van der Waals surface area contributed by atoms with Crippen LogP contribution in [0.25, 0.3) is 17.4 Å². The number of furan rings is 1.